The average Bonchev–Trinajstić information content (AvgIpc) is 2.65. The molecule has 2 atom stereocenters. The topological polar surface area (TPSA) is 59.4 Å². The first kappa shape index (κ1) is 21.3. The van der Waals surface area contributed by atoms with E-state index in [2.05, 4.69) is 21.9 Å². The fourth-order valence-electron chi connectivity index (χ4n) is 3.81. The van der Waals surface area contributed by atoms with Gasteiger partial charge in [0.15, 0.2) is 0 Å². The Kier molecular flexibility index (Phi) is 8.44. The molecule has 3 rings (SSSR count). The number of hydrogen-bond acceptors (Lipinski definition) is 6. The monoisotopic (exact) mass is 385 g/mol. The molecule has 26 heavy (non-hydrogen) atoms. The first-order valence-corrected chi connectivity index (χ1v) is 9.40. The van der Waals surface area contributed by atoms with Crippen molar-refractivity contribution in [2.45, 2.75) is 38.1 Å². The smallest absolute Gasteiger partial charge is 0.119 e. The van der Waals surface area contributed by atoms with Crippen LogP contribution in [-0.4, -0.2) is 78.8 Å². The molecule has 2 aliphatic rings. The van der Waals surface area contributed by atoms with Crippen LogP contribution in [0.2, 0.25) is 0 Å². The van der Waals surface area contributed by atoms with Gasteiger partial charge in [-0.2, -0.15) is 0 Å². The second-order valence-electron chi connectivity index (χ2n) is 7.01. The van der Waals surface area contributed by atoms with Crippen LogP contribution in [-0.2, 0) is 0 Å². The summed E-state index contributed by atoms with van der Waals surface area (Å²) in [5.41, 5.74) is 1.25. The lowest BCUT2D eigenvalue weighted by Crippen LogP contribution is -2.49. The van der Waals surface area contributed by atoms with E-state index in [0.29, 0.717) is 0 Å². The minimum atomic E-state index is -0.476. The number of halogens is 1. The van der Waals surface area contributed by atoms with Gasteiger partial charge in [-0.3, -0.25) is 9.80 Å². The summed E-state index contributed by atoms with van der Waals surface area (Å²) in [6.45, 7) is 5.95. The Hall–Kier alpha value is -1.05. The van der Waals surface area contributed by atoms with E-state index in [9.17, 15) is 10.2 Å². The maximum absolute atomic E-state index is 10.0. The maximum atomic E-state index is 10.0. The highest BCUT2D eigenvalue weighted by Crippen LogP contribution is 2.21. The van der Waals surface area contributed by atoms with Crippen molar-refractivity contribution in [3.8, 4) is 5.75 Å². The molecule has 2 unspecified atom stereocenters. The fourth-order valence-corrected chi connectivity index (χ4v) is 3.81. The average molecular weight is 386 g/mol. The number of methoxy groups -OCH3 is 1. The number of piperazine rings is 1. The predicted octanol–water partition coefficient (Wildman–Crippen LogP) is 1.75. The van der Waals surface area contributed by atoms with Gasteiger partial charge in [0, 0.05) is 38.4 Å². The van der Waals surface area contributed by atoms with Crippen molar-refractivity contribution in [3.63, 3.8) is 0 Å². The number of aliphatic hydroxyl groups excluding tert-OH is 2. The highest BCUT2D eigenvalue weighted by Gasteiger charge is 2.27. The van der Waals surface area contributed by atoms with Gasteiger partial charge >= 0.3 is 0 Å². The third-order valence-corrected chi connectivity index (χ3v) is 5.39. The fraction of sp³-hybridized carbons (Fsp3) is 0.684. The van der Waals surface area contributed by atoms with Crippen LogP contribution < -0.4 is 9.64 Å². The summed E-state index contributed by atoms with van der Waals surface area (Å²) in [6, 6.07) is 8.26. The van der Waals surface area contributed by atoms with Crippen LogP contribution in [0.3, 0.4) is 0 Å². The maximum Gasteiger partial charge on any atom is 0.119 e. The van der Waals surface area contributed by atoms with Gasteiger partial charge in [0.2, 0.25) is 0 Å². The van der Waals surface area contributed by atoms with E-state index < -0.39 is 12.5 Å². The van der Waals surface area contributed by atoms with Crippen molar-refractivity contribution in [1.29, 1.82) is 0 Å². The normalized spacial score (nSPS) is 25.0. The molecule has 0 saturated carbocycles. The quantitative estimate of drug-likeness (QED) is 0.778. The zero-order valence-corrected chi connectivity index (χ0v) is 16.4. The predicted molar refractivity (Wildman–Crippen MR) is 106 cm³/mol. The molecule has 6 nitrogen and oxygen atoms in total. The van der Waals surface area contributed by atoms with Crippen molar-refractivity contribution in [3.05, 3.63) is 24.3 Å². The van der Waals surface area contributed by atoms with Crippen LogP contribution in [0.25, 0.3) is 0 Å². The van der Waals surface area contributed by atoms with Gasteiger partial charge in [-0.05, 0) is 56.5 Å². The molecule has 2 aliphatic heterocycles. The Morgan fingerprint density at radius 2 is 1.58 bits per heavy atom. The Morgan fingerprint density at radius 1 is 0.962 bits per heavy atom. The highest BCUT2D eigenvalue weighted by atomic mass is 35.5. The van der Waals surface area contributed by atoms with Crippen LogP contribution in [0.4, 0.5) is 5.69 Å². The molecule has 1 aromatic carbocycles. The largest absolute Gasteiger partial charge is 0.497 e. The van der Waals surface area contributed by atoms with Crippen LogP contribution >= 0.6 is 12.4 Å². The number of rotatable bonds is 6. The first-order valence-electron chi connectivity index (χ1n) is 9.40. The summed E-state index contributed by atoms with van der Waals surface area (Å²) in [4.78, 5) is 6.73. The Morgan fingerprint density at radius 3 is 2.15 bits per heavy atom. The van der Waals surface area contributed by atoms with Crippen LogP contribution in [0.1, 0.15) is 25.7 Å². The molecule has 0 bridgehead atoms. The number of hydrogen-bond donors (Lipinski definition) is 2. The van der Waals surface area contributed by atoms with Gasteiger partial charge in [0.05, 0.1) is 7.11 Å². The number of piperidine rings is 1. The zero-order valence-electron chi connectivity index (χ0n) is 15.6. The van der Waals surface area contributed by atoms with E-state index in [-0.39, 0.29) is 12.4 Å². The summed E-state index contributed by atoms with van der Waals surface area (Å²) < 4.78 is 5.22. The Bertz CT molecular complexity index is 513. The molecular weight excluding hydrogens is 354 g/mol. The molecule has 0 spiro atoms. The minimum absolute atomic E-state index is 0. The lowest BCUT2D eigenvalue weighted by molar-refractivity contribution is -0.131. The van der Waals surface area contributed by atoms with Gasteiger partial charge in [-0.1, -0.05) is 0 Å². The van der Waals surface area contributed by atoms with E-state index >= 15 is 0 Å². The second-order valence-corrected chi connectivity index (χ2v) is 7.01. The summed E-state index contributed by atoms with van der Waals surface area (Å²) >= 11 is 0. The number of anilines is 1. The van der Waals surface area contributed by atoms with Gasteiger partial charge in [-0.25, -0.2) is 0 Å². The van der Waals surface area contributed by atoms with Crippen molar-refractivity contribution in [2.24, 2.45) is 0 Å². The molecule has 0 amide bonds. The molecule has 7 heteroatoms. The zero-order chi connectivity index (χ0) is 17.6. The SMILES string of the molecule is COc1ccc(N2CCN(CCCN3C(O)CCCC3O)CC2)cc1.Cl. The number of ether oxygens (including phenoxy) is 1. The summed E-state index contributed by atoms with van der Waals surface area (Å²) in [5, 5.41) is 20.0. The number of benzene rings is 1. The molecule has 148 valence electrons. The third-order valence-electron chi connectivity index (χ3n) is 5.39. The molecule has 1 aromatic rings. The molecule has 2 N–H and O–H groups in total. The van der Waals surface area contributed by atoms with E-state index in [1.54, 1.807) is 7.11 Å². The molecule has 0 aromatic heterocycles. The summed E-state index contributed by atoms with van der Waals surface area (Å²) in [6.07, 6.45) is 2.49. The molecular formula is C19H32ClN3O3. The number of likely N-dealkylation sites (tertiary alicyclic amines) is 1. The van der Waals surface area contributed by atoms with Crippen molar-refractivity contribution in [1.82, 2.24) is 9.80 Å². The van der Waals surface area contributed by atoms with Gasteiger partial charge in [-0.15, -0.1) is 12.4 Å². The minimum Gasteiger partial charge on any atom is -0.497 e. The molecule has 2 saturated heterocycles. The standard InChI is InChI=1S/C19H31N3O3.ClH/c1-25-17-8-6-16(7-9-17)21-14-12-20(13-15-21)10-3-11-22-18(23)4-2-5-19(22)24;/h6-9,18-19,23-24H,2-5,10-15H2,1H3;1H. The Balaban J connectivity index is 0.00000243. The number of aliphatic hydroxyl groups is 2. The first-order chi connectivity index (χ1) is 12.2. The van der Waals surface area contributed by atoms with Gasteiger partial charge < -0.3 is 19.8 Å². The lowest BCUT2D eigenvalue weighted by atomic mass is 10.1. The molecule has 2 heterocycles. The summed E-state index contributed by atoms with van der Waals surface area (Å²) in [7, 11) is 1.69. The van der Waals surface area contributed by atoms with Gasteiger partial charge in [0.25, 0.3) is 0 Å². The molecule has 0 radical (unpaired) electrons. The van der Waals surface area contributed by atoms with E-state index in [1.807, 2.05) is 17.0 Å². The van der Waals surface area contributed by atoms with Crippen molar-refractivity contribution < 1.29 is 14.9 Å². The van der Waals surface area contributed by atoms with Gasteiger partial charge in [0.1, 0.15) is 18.2 Å². The highest BCUT2D eigenvalue weighted by molar-refractivity contribution is 5.85. The van der Waals surface area contributed by atoms with Crippen molar-refractivity contribution >= 4 is 18.1 Å². The molecule has 0 aliphatic carbocycles. The second kappa shape index (κ2) is 10.3. The number of nitrogens with zero attached hydrogens (tertiary/aromatic N) is 3. The Labute approximate surface area is 162 Å². The summed E-state index contributed by atoms with van der Waals surface area (Å²) in [5.74, 6) is 0.893. The van der Waals surface area contributed by atoms with E-state index in [1.165, 1.54) is 5.69 Å². The van der Waals surface area contributed by atoms with Crippen LogP contribution in [0.5, 0.6) is 5.75 Å². The van der Waals surface area contributed by atoms with Crippen LogP contribution in [0.15, 0.2) is 24.3 Å². The van der Waals surface area contributed by atoms with E-state index in [4.69, 9.17) is 4.74 Å². The van der Waals surface area contributed by atoms with E-state index in [0.717, 1.165) is 70.7 Å². The van der Waals surface area contributed by atoms with Crippen molar-refractivity contribution in [2.75, 3.05) is 51.3 Å². The third kappa shape index (κ3) is 5.47. The molecule has 2 fully saturated rings. The van der Waals surface area contributed by atoms with Crippen LogP contribution in [0, 0.1) is 0 Å². The lowest BCUT2D eigenvalue weighted by Gasteiger charge is -2.38.